The first kappa shape index (κ1) is 65.0. The van der Waals surface area contributed by atoms with Crippen LogP contribution in [0.4, 0.5) is 11.5 Å². The van der Waals surface area contributed by atoms with Crippen LogP contribution in [0.5, 0.6) is 11.5 Å². The molecule has 6 aliphatic rings. The van der Waals surface area contributed by atoms with Gasteiger partial charge in [-0.3, -0.25) is 9.32 Å². The van der Waals surface area contributed by atoms with Gasteiger partial charge in [0.25, 0.3) is 5.91 Å². The summed E-state index contributed by atoms with van der Waals surface area (Å²) in [5, 5.41) is 16.7. The van der Waals surface area contributed by atoms with Gasteiger partial charge in [-0.2, -0.15) is 8.62 Å². The lowest BCUT2D eigenvalue weighted by Crippen LogP contribution is -2.45. The number of hydrogen-bond acceptors (Lipinski definition) is 20. The average Bonchev–Trinajstić information content (AvgIpc) is 0.905. The Kier molecular flexibility index (Phi) is 19.4. The van der Waals surface area contributed by atoms with E-state index in [0.29, 0.717) is 22.2 Å². The molecule has 8 N–H and O–H groups in total. The van der Waals surface area contributed by atoms with Crippen LogP contribution in [0.15, 0.2) is 42.9 Å². The van der Waals surface area contributed by atoms with Crippen molar-refractivity contribution in [3.8, 4) is 23.3 Å². The molecule has 1 fully saturated rings. The molecule has 0 spiro atoms. The number of hydrogen-bond donors (Lipinski definition) is 7. The third-order valence-electron chi connectivity index (χ3n) is 15.5. The highest BCUT2D eigenvalue weighted by Gasteiger charge is 2.45. The van der Waals surface area contributed by atoms with Crippen LogP contribution < -0.4 is 35.8 Å². The highest BCUT2D eigenvalue weighted by Crippen LogP contribution is 2.66. The Bertz CT molecular complexity index is 3960. The minimum absolute atomic E-state index is 0.0168. The molecule has 11 rings (SSSR count). The minimum Gasteiger partial charge on any atom is -0.478 e. The Morgan fingerprint density at radius 1 is 0.875 bits per heavy atom. The largest absolute Gasteiger partial charge is 0.490 e. The number of nitrogen functional groups attached to an aromatic ring is 1. The topological polar surface area (TPSA) is 326 Å². The second-order valence-electron chi connectivity index (χ2n) is 23.6. The van der Waals surface area contributed by atoms with Crippen molar-refractivity contribution in [1.29, 1.82) is 0 Å². The third kappa shape index (κ3) is 14.7. The number of rotatable bonds is 22. The average molecular weight is 1350 g/mol. The lowest BCUT2D eigenvalue weighted by molar-refractivity contribution is -0.0520. The van der Waals surface area contributed by atoms with Gasteiger partial charge in [-0.05, 0) is 87.8 Å². The standard InChI is InChI=1S/C57H68N7O17P3S4/c1-56(2,3)87-86-32-76-43-26-45(78-44(43)28-77-83(71,72)81-84(73,74)80-82(68,69)70)64-27-36(46-52(58)60-30-61-53(46)64)13-10-22-75-31-85-88-57(4,5)29-59-54(65)35-16-17-37(40(25-35)55(66)67)47-41-23-33-11-6-18-62-20-8-14-38(48(33)62)50(41)79-51-39-15-9-21-63-19-7-12-34(49(39)63)24-42(47)51/h16-17,23-25,27,30,43-45H,6-9,11-12,14-15,18-22,26,28-29,31-32H2,1-5H3,(H7-,58,59,60,61,65,66,67,68,69,70,71,72,73,74)/p+1/t43?,44-,45-/m1/s1. The Labute approximate surface area is 523 Å². The highest BCUT2D eigenvalue weighted by molar-refractivity contribution is 8.77. The lowest BCUT2D eigenvalue weighted by Gasteiger charge is -2.39. The van der Waals surface area contributed by atoms with E-state index in [0.717, 1.165) is 105 Å². The molecule has 2 aromatic heterocycles. The number of anilines is 2. The minimum atomic E-state index is -5.77. The van der Waals surface area contributed by atoms with Crippen LogP contribution in [0.2, 0.25) is 0 Å². The first-order valence-electron chi connectivity index (χ1n) is 28.7. The molecule has 88 heavy (non-hydrogen) atoms. The number of carboxylic acids is 1. The molecule has 0 aliphatic carbocycles. The zero-order valence-corrected chi connectivity index (χ0v) is 54.9. The van der Waals surface area contributed by atoms with E-state index in [4.69, 9.17) is 39.0 Å². The maximum atomic E-state index is 14.0. The number of phosphoric ester groups is 1. The molecule has 0 saturated carbocycles. The molecule has 8 heterocycles. The summed E-state index contributed by atoms with van der Waals surface area (Å²) in [6, 6.07) is 9.52. The lowest BCUT2D eigenvalue weighted by atomic mass is 9.81. The van der Waals surface area contributed by atoms with Crippen LogP contribution in [0.1, 0.15) is 133 Å². The fraction of sp³-hybridized carbons (Fsp3) is 0.491. The number of nitrogens with zero attached hydrogens (tertiary/aromatic N) is 5. The number of benzene rings is 3. The van der Waals surface area contributed by atoms with Gasteiger partial charge in [0.15, 0.2) is 0 Å². The van der Waals surface area contributed by atoms with Crippen molar-refractivity contribution in [1.82, 2.24) is 24.4 Å². The van der Waals surface area contributed by atoms with Gasteiger partial charge in [0.1, 0.15) is 73.2 Å². The van der Waals surface area contributed by atoms with Crippen molar-refractivity contribution in [2.24, 2.45) is 0 Å². The number of nitrogens with two attached hydrogens (primary N) is 1. The van der Waals surface area contributed by atoms with Crippen molar-refractivity contribution < 1.29 is 80.1 Å². The van der Waals surface area contributed by atoms with Crippen molar-refractivity contribution in [2.45, 2.75) is 120 Å². The summed E-state index contributed by atoms with van der Waals surface area (Å²) in [5.41, 5.74) is 16.0. The van der Waals surface area contributed by atoms with Gasteiger partial charge in [-0.25, -0.2) is 33.0 Å². The summed E-state index contributed by atoms with van der Waals surface area (Å²) in [5.74, 6) is 6.75. The Hall–Kier alpha value is -4.46. The zero-order valence-electron chi connectivity index (χ0n) is 48.9. The van der Waals surface area contributed by atoms with Crippen LogP contribution in [0.25, 0.3) is 16.6 Å². The van der Waals surface area contributed by atoms with Crippen LogP contribution in [0, 0.1) is 11.8 Å². The van der Waals surface area contributed by atoms with Crippen LogP contribution >= 0.6 is 66.6 Å². The number of carbonyl (C=O) groups is 2. The summed E-state index contributed by atoms with van der Waals surface area (Å²) in [6.45, 7) is 13.6. The summed E-state index contributed by atoms with van der Waals surface area (Å²) in [6.07, 6.45) is 8.10. The van der Waals surface area contributed by atoms with Gasteiger partial charge >= 0.3 is 29.4 Å². The van der Waals surface area contributed by atoms with Crippen molar-refractivity contribution in [2.75, 3.05) is 68.4 Å². The number of aryl methyl sites for hydroxylation is 2. The quantitative estimate of drug-likeness (QED) is 0.00840. The molecule has 0 bridgehead atoms. The maximum absolute atomic E-state index is 14.0. The highest BCUT2D eigenvalue weighted by atomic mass is 33.1. The molecule has 0 radical (unpaired) electrons. The summed E-state index contributed by atoms with van der Waals surface area (Å²) in [7, 11) is -11.0. The molecule has 3 aromatic carbocycles. The van der Waals surface area contributed by atoms with Gasteiger partial charge in [-0.1, -0.05) is 81.9 Å². The monoisotopic (exact) mass is 1340 g/mol. The molecule has 5 atom stereocenters. The van der Waals surface area contributed by atoms with Crippen LogP contribution in [-0.2, 0) is 66.7 Å². The third-order valence-corrected chi connectivity index (χ3v) is 25.3. The number of phosphoric acid groups is 3. The number of nitrogens with one attached hydrogen (secondary N) is 1. The zero-order chi connectivity index (χ0) is 62.5. The summed E-state index contributed by atoms with van der Waals surface area (Å²) in [4.78, 5) is 76.3. The van der Waals surface area contributed by atoms with Crippen LogP contribution in [-0.4, -0.2) is 131 Å². The molecule has 472 valence electrons. The maximum Gasteiger partial charge on any atom is 0.490 e. The molecule has 31 heteroatoms. The van der Waals surface area contributed by atoms with Gasteiger partial charge in [0.2, 0.25) is 5.36 Å². The van der Waals surface area contributed by atoms with Gasteiger partial charge < -0.3 is 64.1 Å². The smallest absolute Gasteiger partial charge is 0.478 e. The number of carboxylic acid groups (broad SMARTS) is 1. The Morgan fingerprint density at radius 3 is 2.38 bits per heavy atom. The van der Waals surface area contributed by atoms with Crippen molar-refractivity contribution in [3.05, 3.63) is 104 Å². The first-order chi connectivity index (χ1) is 41.7. The molecule has 3 unspecified atom stereocenters. The van der Waals surface area contributed by atoms with Gasteiger partial charge in [0, 0.05) is 93.3 Å². The van der Waals surface area contributed by atoms with Crippen molar-refractivity contribution in [3.63, 3.8) is 0 Å². The molecule has 1 amide bonds. The summed E-state index contributed by atoms with van der Waals surface area (Å²) < 4.78 is 77.6. The Balaban J connectivity index is 0.738. The number of ether oxygens (including phenoxy) is 4. The van der Waals surface area contributed by atoms with E-state index in [-0.39, 0.29) is 53.1 Å². The number of aromatic carboxylic acids is 1. The SMILES string of the molecule is CC(C)(C)SSCOC1C[C@H](n2cc(C#CCOCSSC(C)(C)CNC(=O)c3ccc(C4=c5cc6c7c(c5Oc5c4cc4c8c5CCCN8CCC4)CCC[N+]=7CCC6)c(C(=O)O)c3)c3c(N)ncnc32)O[C@@H]1COP(=O)(O)OP(=O)(O)OP(=O)(O)O. The van der Waals surface area contributed by atoms with E-state index in [2.05, 4.69) is 57.4 Å². The Morgan fingerprint density at radius 2 is 1.61 bits per heavy atom. The second kappa shape index (κ2) is 26.3. The molecule has 1 saturated heterocycles. The van der Waals surface area contributed by atoms with E-state index in [1.165, 1.54) is 78.1 Å². The number of aromatic nitrogens is 3. The molecule has 24 nitrogen and oxygen atoms in total. The van der Waals surface area contributed by atoms with E-state index in [1.807, 2.05) is 34.6 Å². The number of carbonyl (C=O) groups excluding carboxylic acids is 1. The molecular weight excluding hydrogens is 1280 g/mol. The fourth-order valence-corrected chi connectivity index (χ4v) is 19.3. The van der Waals surface area contributed by atoms with Gasteiger partial charge in [0.05, 0.1) is 34.8 Å². The second-order valence-corrected chi connectivity index (χ2v) is 34.1. The molecule has 6 aliphatic heterocycles. The number of fused-ring (bicyclic) bond motifs is 5. The normalized spacial score (nSPS) is 20.2. The van der Waals surface area contributed by atoms with E-state index in [9.17, 15) is 38.2 Å². The van der Waals surface area contributed by atoms with Crippen molar-refractivity contribution >= 4 is 107 Å². The van der Waals surface area contributed by atoms with E-state index in [1.54, 1.807) is 33.7 Å². The van der Waals surface area contributed by atoms with E-state index < -0.39 is 65.1 Å². The van der Waals surface area contributed by atoms with E-state index >= 15 is 0 Å². The molecular formula is C57H69N7O17P3S4+. The number of amides is 1. The molecule has 5 aromatic rings. The van der Waals surface area contributed by atoms with Gasteiger partial charge in [-0.15, -0.1) is 0 Å². The van der Waals surface area contributed by atoms with Crippen LogP contribution in [0.3, 0.4) is 0 Å². The predicted molar refractivity (Wildman–Crippen MR) is 338 cm³/mol. The predicted octanol–water partition coefficient (Wildman–Crippen LogP) is 8.22. The fourth-order valence-electron chi connectivity index (χ4n) is 12.2. The first-order valence-corrected chi connectivity index (χ1v) is 37.8. The summed E-state index contributed by atoms with van der Waals surface area (Å²) >= 11 is 0.